The number of hydrogen-bond acceptors (Lipinski definition) is 7. The first kappa shape index (κ1) is 21.4. The Morgan fingerprint density at radius 2 is 2.13 bits per heavy atom. The summed E-state index contributed by atoms with van der Waals surface area (Å²) in [6.07, 6.45) is 3.57. The van der Waals surface area contributed by atoms with Gasteiger partial charge in [-0.05, 0) is 31.2 Å². The number of aliphatic hydroxyl groups is 1. The maximum atomic E-state index is 14.2. The van der Waals surface area contributed by atoms with E-state index in [0.717, 1.165) is 0 Å². The normalized spacial score (nSPS) is 11.6. The predicted molar refractivity (Wildman–Crippen MR) is 111 cm³/mol. The van der Waals surface area contributed by atoms with Gasteiger partial charge in [-0.2, -0.15) is 0 Å². The summed E-state index contributed by atoms with van der Waals surface area (Å²) in [5, 5.41) is 15.3. The Balaban J connectivity index is 1.97. The van der Waals surface area contributed by atoms with Crippen LogP contribution in [0, 0.1) is 5.82 Å². The molecule has 0 radical (unpaired) electrons. The van der Waals surface area contributed by atoms with Crippen LogP contribution in [0.25, 0.3) is 11.4 Å². The zero-order valence-electron chi connectivity index (χ0n) is 16.2. The zero-order chi connectivity index (χ0) is 21.7. The molecule has 156 valence electrons. The summed E-state index contributed by atoms with van der Waals surface area (Å²) in [5.41, 5.74) is 0.745. The van der Waals surface area contributed by atoms with Gasteiger partial charge in [0.2, 0.25) is 0 Å². The molecule has 0 saturated heterocycles. The lowest BCUT2D eigenvalue weighted by atomic mass is 10.2. The SMILES string of the molecule is COc1cnc(-c2cc(Cl)ccc2F)nc1Nc1ccncc1C(=O)NC[C@H](C)O. The summed E-state index contributed by atoms with van der Waals surface area (Å²) < 4.78 is 19.5. The van der Waals surface area contributed by atoms with Gasteiger partial charge in [0.05, 0.1) is 36.2 Å². The molecular formula is C20H19ClFN5O3. The molecule has 0 unspecified atom stereocenters. The number of pyridine rings is 1. The lowest BCUT2D eigenvalue weighted by Gasteiger charge is -2.14. The molecule has 0 spiro atoms. The number of nitrogens with one attached hydrogen (secondary N) is 2. The van der Waals surface area contributed by atoms with Gasteiger partial charge in [0.15, 0.2) is 17.4 Å². The van der Waals surface area contributed by atoms with Crippen LogP contribution in [0.15, 0.2) is 42.9 Å². The molecule has 0 saturated carbocycles. The number of carbonyl (C=O) groups is 1. The number of carbonyl (C=O) groups excluding carboxylic acids is 1. The molecule has 3 aromatic rings. The topological polar surface area (TPSA) is 109 Å². The number of nitrogens with zero attached hydrogens (tertiary/aromatic N) is 3. The fourth-order valence-electron chi connectivity index (χ4n) is 2.56. The number of ether oxygens (including phenoxy) is 1. The van der Waals surface area contributed by atoms with Crippen molar-refractivity contribution in [1.29, 1.82) is 0 Å². The summed E-state index contributed by atoms with van der Waals surface area (Å²) in [6, 6.07) is 5.66. The molecule has 3 N–H and O–H groups in total. The number of rotatable bonds is 7. The van der Waals surface area contributed by atoms with Gasteiger partial charge in [-0.25, -0.2) is 14.4 Å². The van der Waals surface area contributed by atoms with Gasteiger partial charge in [0, 0.05) is 24.0 Å². The molecule has 2 heterocycles. The summed E-state index contributed by atoms with van der Waals surface area (Å²) in [6.45, 7) is 1.65. The Morgan fingerprint density at radius 1 is 1.33 bits per heavy atom. The Hall–Kier alpha value is -3.30. The molecule has 2 aromatic heterocycles. The molecule has 0 bridgehead atoms. The van der Waals surface area contributed by atoms with Crippen LogP contribution < -0.4 is 15.4 Å². The van der Waals surface area contributed by atoms with Crippen molar-refractivity contribution >= 4 is 29.0 Å². The number of amides is 1. The summed E-state index contributed by atoms with van der Waals surface area (Å²) in [7, 11) is 1.44. The van der Waals surface area contributed by atoms with Crippen LogP contribution in [0.3, 0.4) is 0 Å². The smallest absolute Gasteiger partial charge is 0.255 e. The standard InChI is InChI=1S/C20H19ClFN5O3/c1-11(28)8-25-20(29)14-9-23-6-5-16(14)26-19-17(30-2)10-24-18(27-19)13-7-12(21)3-4-15(13)22/h3-7,9-11,28H,8H2,1-2H3,(H,25,29)(H,23,24,26,27)/t11-/m0/s1. The number of hydrogen-bond donors (Lipinski definition) is 3. The van der Waals surface area contributed by atoms with Crippen LogP contribution in [0.1, 0.15) is 17.3 Å². The third kappa shape index (κ3) is 5.00. The quantitative estimate of drug-likeness (QED) is 0.527. The highest BCUT2D eigenvalue weighted by Gasteiger charge is 2.17. The Bertz CT molecular complexity index is 1060. The van der Waals surface area contributed by atoms with E-state index in [9.17, 15) is 14.3 Å². The predicted octanol–water partition coefficient (Wildman–Crippen LogP) is 3.19. The second-order valence-electron chi connectivity index (χ2n) is 6.34. The van der Waals surface area contributed by atoms with E-state index >= 15 is 0 Å². The van der Waals surface area contributed by atoms with Crippen LogP contribution in [0.2, 0.25) is 5.02 Å². The molecule has 0 aliphatic rings. The van der Waals surface area contributed by atoms with Crippen molar-refractivity contribution in [1.82, 2.24) is 20.3 Å². The van der Waals surface area contributed by atoms with Crippen molar-refractivity contribution in [3.63, 3.8) is 0 Å². The Kier molecular flexibility index (Phi) is 6.76. The number of halogens is 2. The number of methoxy groups -OCH3 is 1. The van der Waals surface area contributed by atoms with E-state index in [-0.39, 0.29) is 35.1 Å². The van der Waals surface area contributed by atoms with E-state index in [1.165, 1.54) is 43.9 Å². The molecule has 0 fully saturated rings. The first-order valence-corrected chi connectivity index (χ1v) is 9.30. The van der Waals surface area contributed by atoms with Gasteiger partial charge < -0.3 is 20.5 Å². The van der Waals surface area contributed by atoms with Gasteiger partial charge in [-0.1, -0.05) is 11.6 Å². The van der Waals surface area contributed by atoms with Crippen LogP contribution in [0.5, 0.6) is 5.75 Å². The molecule has 1 amide bonds. The van der Waals surface area contributed by atoms with Gasteiger partial charge in [0.1, 0.15) is 5.82 Å². The number of aliphatic hydroxyl groups excluding tert-OH is 1. The highest BCUT2D eigenvalue weighted by Crippen LogP contribution is 2.30. The maximum Gasteiger partial charge on any atom is 0.255 e. The summed E-state index contributed by atoms with van der Waals surface area (Å²) >= 11 is 5.97. The first-order valence-electron chi connectivity index (χ1n) is 8.92. The van der Waals surface area contributed by atoms with Crippen LogP contribution >= 0.6 is 11.6 Å². The Labute approximate surface area is 177 Å². The first-order chi connectivity index (χ1) is 14.4. The monoisotopic (exact) mass is 431 g/mol. The van der Waals surface area contributed by atoms with Crippen molar-refractivity contribution in [2.24, 2.45) is 0 Å². The zero-order valence-corrected chi connectivity index (χ0v) is 16.9. The van der Waals surface area contributed by atoms with E-state index in [2.05, 4.69) is 25.6 Å². The third-order valence-corrected chi connectivity index (χ3v) is 4.26. The molecule has 1 atom stereocenters. The fraction of sp³-hybridized carbons (Fsp3) is 0.200. The van der Waals surface area contributed by atoms with E-state index in [4.69, 9.17) is 16.3 Å². The number of benzene rings is 1. The third-order valence-electron chi connectivity index (χ3n) is 4.02. The van der Waals surface area contributed by atoms with E-state index in [0.29, 0.717) is 10.7 Å². The number of aromatic nitrogens is 3. The molecule has 3 rings (SSSR count). The second kappa shape index (κ2) is 9.47. The van der Waals surface area contributed by atoms with Crippen molar-refractivity contribution < 1.29 is 19.0 Å². The molecule has 1 aromatic carbocycles. The average molecular weight is 432 g/mol. The molecule has 0 aliphatic heterocycles. The minimum absolute atomic E-state index is 0.0855. The van der Waals surface area contributed by atoms with Crippen molar-refractivity contribution in [2.75, 3.05) is 19.0 Å². The Morgan fingerprint density at radius 3 is 2.87 bits per heavy atom. The molecule has 0 aliphatic carbocycles. The van der Waals surface area contributed by atoms with Gasteiger partial charge in [-0.3, -0.25) is 9.78 Å². The fourth-order valence-corrected chi connectivity index (χ4v) is 2.73. The van der Waals surface area contributed by atoms with E-state index in [1.54, 1.807) is 13.0 Å². The van der Waals surface area contributed by atoms with Crippen molar-refractivity contribution in [3.05, 3.63) is 59.3 Å². The van der Waals surface area contributed by atoms with Gasteiger partial charge >= 0.3 is 0 Å². The second-order valence-corrected chi connectivity index (χ2v) is 6.78. The van der Waals surface area contributed by atoms with Crippen molar-refractivity contribution in [2.45, 2.75) is 13.0 Å². The van der Waals surface area contributed by atoms with Crippen LogP contribution in [-0.2, 0) is 0 Å². The highest BCUT2D eigenvalue weighted by molar-refractivity contribution is 6.30. The summed E-state index contributed by atoms with van der Waals surface area (Å²) in [5.74, 6) is -0.364. The average Bonchev–Trinajstić information content (AvgIpc) is 2.74. The maximum absolute atomic E-state index is 14.2. The number of anilines is 2. The van der Waals surface area contributed by atoms with Crippen molar-refractivity contribution in [3.8, 4) is 17.1 Å². The van der Waals surface area contributed by atoms with Gasteiger partial charge in [-0.15, -0.1) is 0 Å². The lowest BCUT2D eigenvalue weighted by molar-refractivity contribution is 0.0924. The molecule has 10 heteroatoms. The molecular weight excluding hydrogens is 413 g/mol. The van der Waals surface area contributed by atoms with Crippen LogP contribution in [-0.4, -0.2) is 45.7 Å². The van der Waals surface area contributed by atoms with E-state index < -0.39 is 17.8 Å². The lowest BCUT2D eigenvalue weighted by Crippen LogP contribution is -2.31. The molecule has 8 nitrogen and oxygen atoms in total. The van der Waals surface area contributed by atoms with Gasteiger partial charge in [0.25, 0.3) is 5.91 Å². The largest absolute Gasteiger partial charge is 0.491 e. The minimum Gasteiger partial charge on any atom is -0.491 e. The minimum atomic E-state index is -0.695. The molecule has 30 heavy (non-hydrogen) atoms. The van der Waals surface area contributed by atoms with E-state index in [1.807, 2.05) is 0 Å². The summed E-state index contributed by atoms with van der Waals surface area (Å²) in [4.78, 5) is 24.9. The highest BCUT2D eigenvalue weighted by atomic mass is 35.5. The van der Waals surface area contributed by atoms with Crippen LogP contribution in [0.4, 0.5) is 15.9 Å².